The van der Waals surface area contributed by atoms with Gasteiger partial charge in [-0.1, -0.05) is 35.4 Å². The number of phenols is 1. The summed E-state index contributed by atoms with van der Waals surface area (Å²) in [5, 5.41) is 20.7. The highest BCUT2D eigenvalue weighted by molar-refractivity contribution is 6.32. The van der Waals surface area contributed by atoms with Crippen LogP contribution in [-0.4, -0.2) is 34.1 Å². The van der Waals surface area contributed by atoms with Crippen molar-refractivity contribution in [3.63, 3.8) is 0 Å². The maximum Gasteiger partial charge on any atom is 0.273 e. The van der Waals surface area contributed by atoms with Gasteiger partial charge in [-0.2, -0.15) is 5.10 Å². The van der Waals surface area contributed by atoms with Crippen molar-refractivity contribution >= 4 is 39.9 Å². The summed E-state index contributed by atoms with van der Waals surface area (Å²) in [6.45, 7) is 1.89. The van der Waals surface area contributed by atoms with Crippen LogP contribution in [0, 0.1) is 6.92 Å². The number of methoxy groups -OCH3 is 1. The van der Waals surface area contributed by atoms with Crippen LogP contribution in [0.2, 0.25) is 5.02 Å². The summed E-state index contributed by atoms with van der Waals surface area (Å²) in [5.41, 5.74) is 2.90. The Bertz CT molecular complexity index is 1640. The molecule has 9 heteroatoms. The lowest BCUT2D eigenvalue weighted by atomic mass is 10.1. The third-order valence-electron chi connectivity index (χ3n) is 5.70. The zero-order valence-corrected chi connectivity index (χ0v) is 20.0. The first-order chi connectivity index (χ1) is 17.4. The maximum absolute atomic E-state index is 13.4. The molecule has 0 atom stereocenters. The lowest BCUT2D eigenvalue weighted by molar-refractivity contribution is 0.101. The van der Waals surface area contributed by atoms with Crippen molar-refractivity contribution in [3.8, 4) is 22.8 Å². The number of anilines is 1. The summed E-state index contributed by atoms with van der Waals surface area (Å²) in [6, 6.07) is 18.3. The maximum atomic E-state index is 13.4. The normalized spacial score (nSPS) is 11.0. The van der Waals surface area contributed by atoms with E-state index >= 15 is 0 Å². The lowest BCUT2D eigenvalue weighted by Gasteiger charge is -2.07. The number of aromatic nitrogens is 2. The fourth-order valence-corrected chi connectivity index (χ4v) is 4.14. The van der Waals surface area contributed by atoms with Crippen molar-refractivity contribution < 1.29 is 23.8 Å². The molecule has 0 spiro atoms. The van der Waals surface area contributed by atoms with Crippen LogP contribution in [0.15, 0.2) is 71.1 Å². The number of phenolic OH excluding ortho intramolecular Hbond substituents is 1. The van der Waals surface area contributed by atoms with E-state index in [-0.39, 0.29) is 33.5 Å². The van der Waals surface area contributed by atoms with E-state index in [1.165, 1.54) is 19.2 Å². The number of ether oxygens (including phenoxy) is 1. The number of ketones is 1. The fourth-order valence-electron chi connectivity index (χ4n) is 3.88. The third-order valence-corrected chi connectivity index (χ3v) is 6.00. The summed E-state index contributed by atoms with van der Waals surface area (Å²) in [6.07, 6.45) is 0. The Morgan fingerprint density at radius 3 is 2.67 bits per heavy atom. The average molecular weight is 502 g/mol. The number of hydrogen-bond donors (Lipinski definition) is 3. The molecule has 2 aromatic heterocycles. The van der Waals surface area contributed by atoms with Gasteiger partial charge in [0.1, 0.15) is 22.8 Å². The number of aromatic hydroxyl groups is 1. The number of furan rings is 1. The summed E-state index contributed by atoms with van der Waals surface area (Å²) in [7, 11) is 1.48. The van der Waals surface area contributed by atoms with Crippen LogP contribution in [0.3, 0.4) is 0 Å². The Hall–Kier alpha value is -4.56. The van der Waals surface area contributed by atoms with E-state index in [4.69, 9.17) is 20.8 Å². The summed E-state index contributed by atoms with van der Waals surface area (Å²) in [5.74, 6) is -0.552. The molecular formula is C27H20ClN3O5. The largest absolute Gasteiger partial charge is 0.507 e. The molecule has 0 radical (unpaired) electrons. The van der Waals surface area contributed by atoms with Crippen LogP contribution >= 0.6 is 11.6 Å². The number of carbonyl (C=O) groups is 2. The molecule has 5 aromatic rings. The standard InChI is InChI=1S/C27H20ClN3O5/c1-14-7-9-21(32)17(11-14)19-13-20(31-30-19)27(34)29-24-16-5-3-4-6-22(16)36-26(24)25(33)15-8-10-23(35-2)18(28)12-15/h3-13,32H,1-2H3,(H,29,34)(H,30,31). The molecule has 5 rings (SSSR count). The van der Waals surface area contributed by atoms with Crippen LogP contribution in [0.4, 0.5) is 5.69 Å². The highest BCUT2D eigenvalue weighted by atomic mass is 35.5. The second kappa shape index (κ2) is 9.24. The van der Waals surface area contributed by atoms with Gasteiger partial charge in [0, 0.05) is 16.5 Å². The summed E-state index contributed by atoms with van der Waals surface area (Å²) >= 11 is 6.21. The first-order valence-electron chi connectivity index (χ1n) is 10.9. The van der Waals surface area contributed by atoms with E-state index in [2.05, 4.69) is 15.5 Å². The van der Waals surface area contributed by atoms with E-state index in [1.54, 1.807) is 54.6 Å². The fraction of sp³-hybridized carbons (Fsp3) is 0.0741. The second-order valence-electron chi connectivity index (χ2n) is 8.12. The number of hydrogen-bond acceptors (Lipinski definition) is 6. The minimum atomic E-state index is -0.533. The van der Waals surface area contributed by atoms with Crippen molar-refractivity contribution in [2.75, 3.05) is 12.4 Å². The zero-order valence-electron chi connectivity index (χ0n) is 19.3. The van der Waals surface area contributed by atoms with E-state index in [0.29, 0.717) is 28.0 Å². The van der Waals surface area contributed by atoms with Gasteiger partial charge in [0.25, 0.3) is 5.91 Å². The van der Waals surface area contributed by atoms with Crippen LogP contribution in [0.25, 0.3) is 22.2 Å². The predicted octanol–water partition coefficient (Wildman–Crippen LogP) is 5.98. The monoisotopic (exact) mass is 501 g/mol. The Labute approximate surface area is 210 Å². The number of para-hydroxylation sites is 1. The highest BCUT2D eigenvalue weighted by Gasteiger charge is 2.25. The van der Waals surface area contributed by atoms with Gasteiger partial charge in [-0.25, -0.2) is 0 Å². The Balaban J connectivity index is 1.50. The number of amides is 1. The molecule has 3 N–H and O–H groups in total. The molecule has 0 unspecified atom stereocenters. The second-order valence-corrected chi connectivity index (χ2v) is 8.53. The van der Waals surface area contributed by atoms with Crippen molar-refractivity contribution in [2.24, 2.45) is 0 Å². The van der Waals surface area contributed by atoms with Gasteiger partial charge in [0.05, 0.1) is 23.5 Å². The van der Waals surface area contributed by atoms with E-state index in [9.17, 15) is 14.7 Å². The molecule has 0 fully saturated rings. The van der Waals surface area contributed by atoms with Crippen molar-refractivity contribution in [2.45, 2.75) is 6.92 Å². The van der Waals surface area contributed by atoms with Gasteiger partial charge in [0.15, 0.2) is 5.76 Å². The summed E-state index contributed by atoms with van der Waals surface area (Å²) in [4.78, 5) is 26.5. The molecule has 180 valence electrons. The number of benzene rings is 3. The third kappa shape index (κ3) is 4.18. The quantitative estimate of drug-likeness (QED) is 0.246. The van der Waals surface area contributed by atoms with Crippen molar-refractivity contribution in [1.82, 2.24) is 10.2 Å². The number of fused-ring (bicyclic) bond motifs is 1. The smallest absolute Gasteiger partial charge is 0.273 e. The molecule has 0 bridgehead atoms. The van der Waals surface area contributed by atoms with Gasteiger partial charge in [-0.05, 0) is 55.5 Å². The molecule has 0 aliphatic heterocycles. The molecule has 0 aliphatic rings. The average Bonchev–Trinajstić information content (AvgIpc) is 3.51. The molecule has 0 saturated carbocycles. The van der Waals surface area contributed by atoms with E-state index in [1.807, 2.05) is 6.92 Å². The van der Waals surface area contributed by atoms with Crippen LogP contribution in [0.1, 0.15) is 32.2 Å². The minimum absolute atomic E-state index is 0.0400. The van der Waals surface area contributed by atoms with Gasteiger partial charge in [-0.15, -0.1) is 0 Å². The van der Waals surface area contributed by atoms with Crippen LogP contribution in [0.5, 0.6) is 11.5 Å². The van der Waals surface area contributed by atoms with Gasteiger partial charge < -0.3 is 19.6 Å². The Morgan fingerprint density at radius 1 is 1.08 bits per heavy atom. The number of nitrogens with zero attached hydrogens (tertiary/aromatic N) is 1. The highest BCUT2D eigenvalue weighted by Crippen LogP contribution is 2.35. The van der Waals surface area contributed by atoms with Gasteiger partial charge in [0.2, 0.25) is 5.78 Å². The molecule has 3 aromatic carbocycles. The van der Waals surface area contributed by atoms with E-state index < -0.39 is 11.7 Å². The number of aromatic amines is 1. The number of halogens is 1. The predicted molar refractivity (Wildman–Crippen MR) is 136 cm³/mol. The Kier molecular flexibility index (Phi) is 5.95. The molecule has 2 heterocycles. The topological polar surface area (TPSA) is 117 Å². The van der Waals surface area contributed by atoms with Crippen molar-refractivity contribution in [3.05, 3.63) is 94.3 Å². The van der Waals surface area contributed by atoms with Crippen LogP contribution < -0.4 is 10.1 Å². The molecule has 0 aliphatic carbocycles. The molecule has 8 nitrogen and oxygen atoms in total. The lowest BCUT2D eigenvalue weighted by Crippen LogP contribution is -2.14. The number of nitrogens with one attached hydrogen (secondary N) is 2. The van der Waals surface area contributed by atoms with Crippen molar-refractivity contribution in [1.29, 1.82) is 0 Å². The SMILES string of the molecule is COc1ccc(C(=O)c2oc3ccccc3c2NC(=O)c2cc(-c3cc(C)ccc3O)n[nH]2)cc1Cl. The van der Waals surface area contributed by atoms with Gasteiger partial charge in [-0.3, -0.25) is 14.7 Å². The van der Waals surface area contributed by atoms with E-state index in [0.717, 1.165) is 5.56 Å². The Morgan fingerprint density at radius 2 is 1.89 bits per heavy atom. The number of aryl methyl sites for hydroxylation is 1. The number of carbonyl (C=O) groups excluding carboxylic acids is 2. The zero-order chi connectivity index (χ0) is 25.4. The van der Waals surface area contributed by atoms with Gasteiger partial charge >= 0.3 is 0 Å². The first kappa shape index (κ1) is 23.2. The summed E-state index contributed by atoms with van der Waals surface area (Å²) < 4.78 is 11.0. The first-order valence-corrected chi connectivity index (χ1v) is 11.3. The van der Waals surface area contributed by atoms with Crippen LogP contribution in [-0.2, 0) is 0 Å². The number of rotatable bonds is 6. The number of H-pyrrole nitrogens is 1. The molecule has 1 amide bonds. The minimum Gasteiger partial charge on any atom is -0.507 e. The molecule has 0 saturated heterocycles. The molecule has 36 heavy (non-hydrogen) atoms. The molecular weight excluding hydrogens is 482 g/mol.